The van der Waals surface area contributed by atoms with Crippen molar-refractivity contribution < 1.29 is 22.8 Å². The van der Waals surface area contributed by atoms with E-state index in [2.05, 4.69) is 42.7 Å². The SMILES string of the molecule is O=C(Nc1cccc(C(F)(F)F)c1)NC(c1ccc(C(=O)Nc2nn[nH]n2)cc1)c1ccc(C2=CCCCC2)cc1. The van der Waals surface area contributed by atoms with Crippen LogP contribution in [0.25, 0.3) is 5.57 Å². The van der Waals surface area contributed by atoms with Crippen LogP contribution in [0.2, 0.25) is 0 Å². The average molecular weight is 562 g/mol. The van der Waals surface area contributed by atoms with Gasteiger partial charge < -0.3 is 10.6 Å². The number of rotatable bonds is 7. The summed E-state index contributed by atoms with van der Waals surface area (Å²) >= 11 is 0. The van der Waals surface area contributed by atoms with Crippen molar-refractivity contribution in [2.45, 2.75) is 37.9 Å². The molecule has 3 aromatic carbocycles. The number of nitrogens with zero attached hydrogens (tertiary/aromatic N) is 3. The van der Waals surface area contributed by atoms with Crippen LogP contribution in [0.5, 0.6) is 0 Å². The first kappa shape index (κ1) is 27.6. The molecule has 4 aromatic rings. The second-order valence-corrected chi connectivity index (χ2v) is 9.52. The van der Waals surface area contributed by atoms with Gasteiger partial charge in [-0.15, -0.1) is 5.10 Å². The summed E-state index contributed by atoms with van der Waals surface area (Å²) in [6.07, 6.45) is 2.08. The third-order valence-electron chi connectivity index (χ3n) is 6.71. The summed E-state index contributed by atoms with van der Waals surface area (Å²) in [5.41, 5.74) is 3.27. The first-order valence-electron chi connectivity index (χ1n) is 13.0. The second kappa shape index (κ2) is 12.0. The van der Waals surface area contributed by atoms with Gasteiger partial charge in [-0.1, -0.05) is 53.6 Å². The third kappa shape index (κ3) is 6.96. The number of aromatic amines is 1. The number of amides is 3. The molecule has 4 N–H and O–H groups in total. The van der Waals surface area contributed by atoms with Crippen molar-refractivity contribution in [1.82, 2.24) is 25.9 Å². The summed E-state index contributed by atoms with van der Waals surface area (Å²) in [6, 6.07) is 17.5. The lowest BCUT2D eigenvalue weighted by Gasteiger charge is -2.22. The fraction of sp³-hybridized carbons (Fsp3) is 0.207. The number of benzene rings is 3. The molecule has 9 nitrogen and oxygen atoms in total. The number of nitrogens with one attached hydrogen (secondary N) is 4. The van der Waals surface area contributed by atoms with E-state index in [1.165, 1.54) is 24.1 Å². The number of halogens is 3. The number of anilines is 2. The average Bonchev–Trinajstić information content (AvgIpc) is 3.49. The molecule has 12 heteroatoms. The molecule has 1 unspecified atom stereocenters. The Morgan fingerprint density at radius 2 is 1.63 bits per heavy atom. The summed E-state index contributed by atoms with van der Waals surface area (Å²) in [6.45, 7) is 0. The topological polar surface area (TPSA) is 125 Å². The minimum absolute atomic E-state index is 0.00384. The monoisotopic (exact) mass is 561 g/mol. The smallest absolute Gasteiger partial charge is 0.327 e. The van der Waals surface area contributed by atoms with Crippen molar-refractivity contribution in [2.24, 2.45) is 0 Å². The lowest BCUT2D eigenvalue weighted by Crippen LogP contribution is -2.33. The highest BCUT2D eigenvalue weighted by molar-refractivity contribution is 6.03. The Labute approximate surface area is 233 Å². The summed E-state index contributed by atoms with van der Waals surface area (Å²) in [7, 11) is 0. The van der Waals surface area contributed by atoms with Crippen molar-refractivity contribution in [3.8, 4) is 0 Å². The van der Waals surface area contributed by atoms with Crippen LogP contribution in [0, 0.1) is 0 Å². The molecule has 1 aliphatic carbocycles. The van der Waals surface area contributed by atoms with Gasteiger partial charge in [0.1, 0.15) is 0 Å². The van der Waals surface area contributed by atoms with Crippen molar-refractivity contribution in [1.29, 1.82) is 0 Å². The van der Waals surface area contributed by atoms with Crippen LogP contribution in [0.3, 0.4) is 0 Å². The standard InChI is InChI=1S/C29H26F3N7O2/c30-29(31,32)23-7-4-8-24(17-23)33-28(41)34-25(20-11-9-19(10-12-20)18-5-2-1-3-6-18)21-13-15-22(16-14-21)26(40)35-27-36-38-39-37-27/h4-5,7-17,25H,1-3,6H2,(H2,33,34,41)(H2,35,36,37,38,39,40). The maximum atomic E-state index is 13.1. The minimum Gasteiger partial charge on any atom is -0.327 e. The van der Waals surface area contributed by atoms with Gasteiger partial charge in [-0.2, -0.15) is 18.4 Å². The summed E-state index contributed by atoms with van der Waals surface area (Å²) in [5, 5.41) is 20.9. The summed E-state index contributed by atoms with van der Waals surface area (Å²) < 4.78 is 39.4. The lowest BCUT2D eigenvalue weighted by atomic mass is 9.91. The van der Waals surface area contributed by atoms with E-state index in [1.807, 2.05) is 24.3 Å². The van der Waals surface area contributed by atoms with Crippen LogP contribution in [-0.2, 0) is 6.18 Å². The first-order chi connectivity index (χ1) is 19.8. The second-order valence-electron chi connectivity index (χ2n) is 9.52. The van der Waals surface area contributed by atoms with Gasteiger partial charge in [-0.05, 0) is 83.5 Å². The van der Waals surface area contributed by atoms with Crippen molar-refractivity contribution in [2.75, 3.05) is 10.6 Å². The Kier molecular flexibility index (Phi) is 8.09. The Balaban J connectivity index is 1.38. The van der Waals surface area contributed by atoms with Gasteiger partial charge in [0.15, 0.2) is 0 Å². The number of hydrogen-bond donors (Lipinski definition) is 4. The zero-order valence-corrected chi connectivity index (χ0v) is 21.7. The van der Waals surface area contributed by atoms with E-state index in [0.29, 0.717) is 11.1 Å². The van der Waals surface area contributed by atoms with Gasteiger partial charge in [0.2, 0.25) is 0 Å². The van der Waals surface area contributed by atoms with Crippen molar-refractivity contribution in [3.05, 3.63) is 107 Å². The molecule has 1 aromatic heterocycles. The maximum Gasteiger partial charge on any atom is 0.416 e. The number of tetrazole rings is 1. The molecule has 1 atom stereocenters. The normalized spacial score (nSPS) is 14.1. The van der Waals surface area contributed by atoms with Gasteiger partial charge in [-0.25, -0.2) is 4.79 Å². The molecule has 0 saturated heterocycles. The first-order valence-corrected chi connectivity index (χ1v) is 13.0. The van der Waals surface area contributed by atoms with E-state index in [-0.39, 0.29) is 11.6 Å². The maximum absolute atomic E-state index is 13.1. The summed E-state index contributed by atoms with van der Waals surface area (Å²) in [4.78, 5) is 25.5. The van der Waals surface area contributed by atoms with Crippen LogP contribution in [0.4, 0.5) is 29.6 Å². The molecule has 5 rings (SSSR count). The predicted octanol–water partition coefficient (Wildman–Crippen LogP) is 6.34. The van der Waals surface area contributed by atoms with E-state index < -0.39 is 29.7 Å². The molecular weight excluding hydrogens is 535 g/mol. The zero-order chi connectivity index (χ0) is 28.8. The highest BCUT2D eigenvalue weighted by atomic mass is 19.4. The molecule has 41 heavy (non-hydrogen) atoms. The largest absolute Gasteiger partial charge is 0.416 e. The third-order valence-corrected chi connectivity index (χ3v) is 6.71. The number of H-pyrrole nitrogens is 1. The number of allylic oxidation sites excluding steroid dienone is 2. The highest BCUT2D eigenvalue weighted by Crippen LogP contribution is 2.31. The van der Waals surface area contributed by atoms with E-state index in [0.717, 1.165) is 42.5 Å². The number of aromatic nitrogens is 4. The Morgan fingerprint density at radius 1 is 0.902 bits per heavy atom. The lowest BCUT2D eigenvalue weighted by molar-refractivity contribution is -0.137. The molecule has 0 spiro atoms. The van der Waals surface area contributed by atoms with Crippen LogP contribution < -0.4 is 16.0 Å². The van der Waals surface area contributed by atoms with Gasteiger partial charge in [0, 0.05) is 11.3 Å². The molecule has 0 radical (unpaired) electrons. The fourth-order valence-electron chi connectivity index (χ4n) is 4.64. The number of alkyl halides is 3. The van der Waals surface area contributed by atoms with Gasteiger partial charge in [0.25, 0.3) is 11.9 Å². The van der Waals surface area contributed by atoms with E-state index in [1.54, 1.807) is 24.3 Å². The molecule has 0 fully saturated rings. The molecule has 0 saturated carbocycles. The van der Waals surface area contributed by atoms with Gasteiger partial charge >= 0.3 is 12.2 Å². The number of carbonyl (C=O) groups excluding carboxylic acids is 2. The Morgan fingerprint density at radius 3 is 2.27 bits per heavy atom. The molecule has 3 amide bonds. The van der Waals surface area contributed by atoms with E-state index in [9.17, 15) is 22.8 Å². The minimum atomic E-state index is -4.54. The zero-order valence-electron chi connectivity index (χ0n) is 21.7. The molecular formula is C29H26F3N7O2. The number of urea groups is 1. The quantitative estimate of drug-likeness (QED) is 0.210. The molecule has 210 valence electrons. The van der Waals surface area contributed by atoms with Crippen molar-refractivity contribution in [3.63, 3.8) is 0 Å². The van der Waals surface area contributed by atoms with E-state index in [4.69, 9.17) is 0 Å². The molecule has 1 aliphatic rings. The van der Waals surface area contributed by atoms with Gasteiger partial charge in [-0.3, -0.25) is 10.1 Å². The molecule has 0 aliphatic heterocycles. The van der Waals surface area contributed by atoms with Crippen LogP contribution in [0.1, 0.15) is 64.3 Å². The van der Waals surface area contributed by atoms with Gasteiger partial charge in [0.05, 0.1) is 11.6 Å². The van der Waals surface area contributed by atoms with Crippen LogP contribution in [0.15, 0.2) is 78.9 Å². The Hall–Kier alpha value is -5.00. The number of carbonyl (C=O) groups is 2. The van der Waals surface area contributed by atoms with Crippen LogP contribution in [-0.4, -0.2) is 32.6 Å². The number of hydrogen-bond acceptors (Lipinski definition) is 5. The molecule has 1 heterocycles. The van der Waals surface area contributed by atoms with Crippen LogP contribution >= 0.6 is 0 Å². The Bertz CT molecular complexity index is 1530. The predicted molar refractivity (Wildman–Crippen MR) is 147 cm³/mol. The highest BCUT2D eigenvalue weighted by Gasteiger charge is 2.30. The molecule has 0 bridgehead atoms. The summed E-state index contributed by atoms with van der Waals surface area (Å²) in [5.74, 6) is -0.423. The van der Waals surface area contributed by atoms with Crippen molar-refractivity contribution >= 4 is 29.1 Å². The fourth-order valence-corrected chi connectivity index (χ4v) is 4.64. The van der Waals surface area contributed by atoms with E-state index >= 15 is 0 Å².